The maximum atomic E-state index is 5.70. The Balaban J connectivity index is 1.84. The minimum atomic E-state index is 0.296. The molecule has 0 aromatic heterocycles. The van der Waals surface area contributed by atoms with Crippen molar-refractivity contribution < 1.29 is 9.47 Å². The average Bonchev–Trinajstić information content (AvgIpc) is 2.80. The van der Waals surface area contributed by atoms with Gasteiger partial charge in [-0.2, -0.15) is 0 Å². The molecule has 0 spiro atoms. The summed E-state index contributed by atoms with van der Waals surface area (Å²) >= 11 is 0. The molecule has 1 aromatic rings. The third kappa shape index (κ3) is 2.99. The van der Waals surface area contributed by atoms with Gasteiger partial charge in [-0.3, -0.25) is 0 Å². The Morgan fingerprint density at radius 1 is 1.31 bits per heavy atom. The second kappa shape index (κ2) is 5.35. The fraction of sp³-hybridized carbons (Fsp3) is 0.571. The minimum Gasteiger partial charge on any atom is -0.491 e. The van der Waals surface area contributed by atoms with Crippen LogP contribution in [-0.4, -0.2) is 19.3 Å². The maximum absolute atomic E-state index is 5.70. The van der Waals surface area contributed by atoms with Gasteiger partial charge in [0.05, 0.1) is 6.10 Å². The Kier molecular flexibility index (Phi) is 3.83. The zero-order valence-electron chi connectivity index (χ0n) is 10.1. The molecule has 2 rings (SSSR count). The molecule has 0 aliphatic carbocycles. The lowest BCUT2D eigenvalue weighted by Gasteiger charge is -2.12. The van der Waals surface area contributed by atoms with Crippen LogP contribution in [0.15, 0.2) is 24.3 Å². The SMILES string of the molecule is CC(C)c1ccc(OC[C@@H]2CCCO2)cc1. The Labute approximate surface area is 97.6 Å². The van der Waals surface area contributed by atoms with E-state index in [9.17, 15) is 0 Å². The van der Waals surface area contributed by atoms with Crippen LogP contribution >= 0.6 is 0 Å². The summed E-state index contributed by atoms with van der Waals surface area (Å²) in [4.78, 5) is 0. The molecule has 2 nitrogen and oxygen atoms in total. The molecule has 0 saturated carbocycles. The van der Waals surface area contributed by atoms with Crippen LogP contribution < -0.4 is 4.74 Å². The lowest BCUT2D eigenvalue weighted by atomic mass is 10.0. The van der Waals surface area contributed by atoms with E-state index in [1.165, 1.54) is 12.0 Å². The molecule has 1 fully saturated rings. The molecule has 0 bridgehead atoms. The zero-order chi connectivity index (χ0) is 11.4. The molecule has 1 aromatic carbocycles. The minimum absolute atomic E-state index is 0.296. The molecular weight excluding hydrogens is 200 g/mol. The largest absolute Gasteiger partial charge is 0.491 e. The van der Waals surface area contributed by atoms with Crippen molar-refractivity contribution in [2.75, 3.05) is 13.2 Å². The van der Waals surface area contributed by atoms with Crippen LogP contribution in [0.2, 0.25) is 0 Å². The van der Waals surface area contributed by atoms with Crippen LogP contribution in [0.1, 0.15) is 38.2 Å². The van der Waals surface area contributed by atoms with E-state index >= 15 is 0 Å². The molecule has 0 N–H and O–H groups in total. The fourth-order valence-electron chi connectivity index (χ4n) is 1.91. The van der Waals surface area contributed by atoms with E-state index in [2.05, 4.69) is 26.0 Å². The van der Waals surface area contributed by atoms with Gasteiger partial charge in [-0.15, -0.1) is 0 Å². The van der Waals surface area contributed by atoms with Crippen molar-refractivity contribution in [2.45, 2.75) is 38.7 Å². The molecule has 0 radical (unpaired) electrons. The van der Waals surface area contributed by atoms with Gasteiger partial charge in [-0.1, -0.05) is 26.0 Å². The number of ether oxygens (including phenoxy) is 2. The van der Waals surface area contributed by atoms with Gasteiger partial charge in [-0.05, 0) is 36.5 Å². The molecule has 2 heteroatoms. The molecule has 1 saturated heterocycles. The standard InChI is InChI=1S/C14H20O2/c1-11(2)12-5-7-13(8-6-12)16-10-14-4-3-9-15-14/h5-8,11,14H,3-4,9-10H2,1-2H3/t14-/m0/s1. The summed E-state index contributed by atoms with van der Waals surface area (Å²) in [5.41, 5.74) is 1.35. The number of hydrogen-bond acceptors (Lipinski definition) is 2. The van der Waals surface area contributed by atoms with E-state index in [1.54, 1.807) is 0 Å². The van der Waals surface area contributed by atoms with Gasteiger partial charge in [0, 0.05) is 6.61 Å². The van der Waals surface area contributed by atoms with E-state index in [0.29, 0.717) is 18.6 Å². The highest BCUT2D eigenvalue weighted by Crippen LogP contribution is 2.20. The van der Waals surface area contributed by atoms with E-state index < -0.39 is 0 Å². The smallest absolute Gasteiger partial charge is 0.119 e. The van der Waals surface area contributed by atoms with Gasteiger partial charge in [0.2, 0.25) is 0 Å². The summed E-state index contributed by atoms with van der Waals surface area (Å²) < 4.78 is 11.2. The van der Waals surface area contributed by atoms with E-state index in [0.717, 1.165) is 18.8 Å². The summed E-state index contributed by atoms with van der Waals surface area (Å²) in [5.74, 6) is 1.52. The zero-order valence-corrected chi connectivity index (χ0v) is 10.1. The summed E-state index contributed by atoms with van der Waals surface area (Å²) in [6.07, 6.45) is 2.59. The quantitative estimate of drug-likeness (QED) is 0.774. The van der Waals surface area contributed by atoms with Gasteiger partial charge >= 0.3 is 0 Å². The van der Waals surface area contributed by atoms with Crippen molar-refractivity contribution in [2.24, 2.45) is 0 Å². The van der Waals surface area contributed by atoms with Crippen molar-refractivity contribution in [1.82, 2.24) is 0 Å². The number of benzene rings is 1. The highest BCUT2D eigenvalue weighted by Gasteiger charge is 2.15. The average molecular weight is 220 g/mol. The predicted octanol–water partition coefficient (Wildman–Crippen LogP) is 3.37. The highest BCUT2D eigenvalue weighted by molar-refractivity contribution is 5.28. The first-order valence-electron chi connectivity index (χ1n) is 6.10. The van der Waals surface area contributed by atoms with Crippen LogP contribution in [0.3, 0.4) is 0 Å². The predicted molar refractivity (Wildman–Crippen MR) is 65.0 cm³/mol. The monoisotopic (exact) mass is 220 g/mol. The van der Waals surface area contributed by atoms with Crippen molar-refractivity contribution in [3.63, 3.8) is 0 Å². The molecule has 0 amide bonds. The summed E-state index contributed by atoms with van der Waals surface area (Å²) in [5, 5.41) is 0. The molecule has 1 heterocycles. The van der Waals surface area contributed by atoms with Crippen molar-refractivity contribution in [1.29, 1.82) is 0 Å². The van der Waals surface area contributed by atoms with Gasteiger partial charge in [-0.25, -0.2) is 0 Å². The highest BCUT2D eigenvalue weighted by atomic mass is 16.5. The van der Waals surface area contributed by atoms with Crippen LogP contribution in [-0.2, 0) is 4.74 Å². The Morgan fingerprint density at radius 2 is 2.06 bits per heavy atom. The number of rotatable bonds is 4. The van der Waals surface area contributed by atoms with E-state index in [1.807, 2.05) is 12.1 Å². The molecule has 0 unspecified atom stereocenters. The molecule has 1 atom stereocenters. The number of hydrogen-bond donors (Lipinski definition) is 0. The third-order valence-electron chi connectivity index (χ3n) is 3.01. The lowest BCUT2D eigenvalue weighted by Crippen LogP contribution is -2.16. The first-order valence-corrected chi connectivity index (χ1v) is 6.10. The van der Waals surface area contributed by atoms with Crippen LogP contribution in [0.5, 0.6) is 5.75 Å². The summed E-state index contributed by atoms with van der Waals surface area (Å²) in [6.45, 7) is 5.96. The van der Waals surface area contributed by atoms with Crippen LogP contribution in [0, 0.1) is 0 Å². The Morgan fingerprint density at radius 3 is 2.62 bits per heavy atom. The maximum Gasteiger partial charge on any atom is 0.119 e. The van der Waals surface area contributed by atoms with Crippen LogP contribution in [0.25, 0.3) is 0 Å². The fourth-order valence-corrected chi connectivity index (χ4v) is 1.91. The van der Waals surface area contributed by atoms with Gasteiger partial charge in [0.15, 0.2) is 0 Å². The molecule has 88 valence electrons. The topological polar surface area (TPSA) is 18.5 Å². The Bertz CT molecular complexity index is 310. The van der Waals surface area contributed by atoms with Gasteiger partial charge < -0.3 is 9.47 Å². The van der Waals surface area contributed by atoms with Crippen molar-refractivity contribution in [3.05, 3.63) is 29.8 Å². The van der Waals surface area contributed by atoms with E-state index in [-0.39, 0.29) is 0 Å². The van der Waals surface area contributed by atoms with Gasteiger partial charge in [0.25, 0.3) is 0 Å². The molecule has 1 aliphatic heterocycles. The third-order valence-corrected chi connectivity index (χ3v) is 3.01. The Hall–Kier alpha value is -1.02. The second-order valence-corrected chi connectivity index (χ2v) is 4.67. The van der Waals surface area contributed by atoms with Crippen LogP contribution in [0.4, 0.5) is 0 Å². The summed E-state index contributed by atoms with van der Waals surface area (Å²) in [6, 6.07) is 8.36. The molecular formula is C14H20O2. The van der Waals surface area contributed by atoms with Crippen molar-refractivity contribution >= 4 is 0 Å². The van der Waals surface area contributed by atoms with Crippen molar-refractivity contribution in [3.8, 4) is 5.75 Å². The normalized spacial score (nSPS) is 20.3. The first kappa shape index (κ1) is 11.5. The first-order chi connectivity index (χ1) is 7.75. The van der Waals surface area contributed by atoms with Gasteiger partial charge in [0.1, 0.15) is 12.4 Å². The van der Waals surface area contributed by atoms with E-state index in [4.69, 9.17) is 9.47 Å². The molecule has 16 heavy (non-hydrogen) atoms. The second-order valence-electron chi connectivity index (χ2n) is 4.67. The lowest BCUT2D eigenvalue weighted by molar-refractivity contribution is 0.0679. The summed E-state index contributed by atoms with van der Waals surface area (Å²) in [7, 11) is 0. The molecule has 1 aliphatic rings.